The van der Waals surface area contributed by atoms with Crippen molar-refractivity contribution in [3.05, 3.63) is 95.8 Å². The van der Waals surface area contributed by atoms with Crippen molar-refractivity contribution in [3.63, 3.8) is 0 Å². The van der Waals surface area contributed by atoms with Crippen molar-refractivity contribution in [3.8, 4) is 28.6 Å². The van der Waals surface area contributed by atoms with E-state index in [4.69, 9.17) is 9.47 Å². The van der Waals surface area contributed by atoms with Crippen molar-refractivity contribution in [1.29, 1.82) is 0 Å². The zero-order chi connectivity index (χ0) is 27.5. The maximum absolute atomic E-state index is 12.9. The monoisotopic (exact) mass is 524 g/mol. The van der Waals surface area contributed by atoms with E-state index in [2.05, 4.69) is 4.98 Å². The Hall–Kier alpha value is -4.92. The van der Waals surface area contributed by atoms with Crippen molar-refractivity contribution in [1.82, 2.24) is 19.4 Å². The van der Waals surface area contributed by atoms with Crippen LogP contribution in [0.2, 0.25) is 0 Å². The summed E-state index contributed by atoms with van der Waals surface area (Å²) in [6, 6.07) is 21.6. The molecule has 4 aromatic rings. The Balaban J connectivity index is 1.33. The number of nitrogens with zero attached hydrogens (tertiary/aromatic N) is 4. The van der Waals surface area contributed by atoms with Gasteiger partial charge in [-0.3, -0.25) is 23.9 Å². The molecule has 0 spiro atoms. The minimum absolute atomic E-state index is 0.146. The number of methoxy groups -OCH3 is 1. The fourth-order valence-corrected chi connectivity index (χ4v) is 4.36. The van der Waals surface area contributed by atoms with Gasteiger partial charge in [-0.1, -0.05) is 12.1 Å². The average Bonchev–Trinajstić information content (AvgIpc) is 3.53. The van der Waals surface area contributed by atoms with Gasteiger partial charge in [0.15, 0.2) is 0 Å². The number of amides is 3. The first kappa shape index (κ1) is 25.7. The quantitative estimate of drug-likeness (QED) is 0.303. The first-order chi connectivity index (χ1) is 18.9. The molecule has 3 amide bonds. The smallest absolute Gasteiger partial charge is 0.273 e. The molecule has 2 heterocycles. The second-order valence-electron chi connectivity index (χ2n) is 9.02. The number of rotatable bonds is 9. The summed E-state index contributed by atoms with van der Waals surface area (Å²) < 4.78 is 13.0. The van der Waals surface area contributed by atoms with Crippen molar-refractivity contribution in [2.24, 2.45) is 0 Å². The molecule has 0 bridgehead atoms. The molecule has 9 heteroatoms. The van der Waals surface area contributed by atoms with E-state index in [1.54, 1.807) is 61.7 Å². The molecule has 5 rings (SSSR count). The van der Waals surface area contributed by atoms with Crippen LogP contribution in [-0.4, -0.2) is 70.9 Å². The number of aromatic nitrogens is 2. The van der Waals surface area contributed by atoms with Gasteiger partial charge in [-0.15, -0.1) is 0 Å². The van der Waals surface area contributed by atoms with Gasteiger partial charge < -0.3 is 14.4 Å². The number of carbonyl (C=O) groups excluding carboxylic acids is 3. The third-order valence-corrected chi connectivity index (χ3v) is 6.67. The molecule has 1 aliphatic rings. The van der Waals surface area contributed by atoms with Gasteiger partial charge in [0, 0.05) is 31.0 Å². The third-order valence-electron chi connectivity index (χ3n) is 6.67. The van der Waals surface area contributed by atoms with Crippen LogP contribution in [0.3, 0.4) is 0 Å². The van der Waals surface area contributed by atoms with E-state index in [0.717, 1.165) is 17.0 Å². The van der Waals surface area contributed by atoms with Crippen LogP contribution in [0.4, 0.5) is 0 Å². The summed E-state index contributed by atoms with van der Waals surface area (Å²) in [5.41, 5.74) is 2.80. The van der Waals surface area contributed by atoms with Crippen LogP contribution in [0.1, 0.15) is 38.1 Å². The highest BCUT2D eigenvalue weighted by atomic mass is 16.5. The largest absolute Gasteiger partial charge is 0.497 e. The second kappa shape index (κ2) is 10.8. The second-order valence-corrected chi connectivity index (χ2v) is 9.02. The van der Waals surface area contributed by atoms with Gasteiger partial charge in [0.25, 0.3) is 17.7 Å². The van der Waals surface area contributed by atoms with Crippen LogP contribution in [0, 0.1) is 0 Å². The number of fused-ring (bicyclic) bond motifs is 1. The fourth-order valence-electron chi connectivity index (χ4n) is 4.36. The van der Waals surface area contributed by atoms with Crippen LogP contribution < -0.4 is 9.47 Å². The zero-order valence-electron chi connectivity index (χ0n) is 22.0. The fraction of sp³-hybridized carbons (Fsp3) is 0.200. The topological polar surface area (TPSA) is 94.0 Å². The summed E-state index contributed by atoms with van der Waals surface area (Å²) in [5.74, 6) is 1.15. The normalized spacial score (nSPS) is 12.4. The lowest BCUT2D eigenvalue weighted by Gasteiger charge is -2.15. The van der Waals surface area contributed by atoms with Gasteiger partial charge in [-0.2, -0.15) is 0 Å². The standard InChI is InChI=1S/C30H28N4O5/c1-4-32(2)30(37)26-19-34(27(31-26)20-9-13-22(38-3)14-10-20)21-11-15-23(16-12-21)39-18-17-33-28(35)24-7-5-6-8-25(24)29(33)36/h5-16,19H,4,17-18H2,1-3H3. The van der Waals surface area contributed by atoms with Gasteiger partial charge in [-0.25, -0.2) is 4.98 Å². The SMILES string of the molecule is CCN(C)C(=O)c1cn(-c2ccc(OCCN3C(=O)c4ccccc4C3=O)cc2)c(-c2ccc(OC)cc2)n1. The predicted molar refractivity (Wildman–Crippen MR) is 145 cm³/mol. The number of benzene rings is 3. The lowest BCUT2D eigenvalue weighted by Crippen LogP contribution is -2.33. The summed E-state index contributed by atoms with van der Waals surface area (Å²) >= 11 is 0. The number of ether oxygens (including phenoxy) is 2. The maximum Gasteiger partial charge on any atom is 0.273 e. The minimum atomic E-state index is -0.306. The van der Waals surface area contributed by atoms with Gasteiger partial charge in [0.05, 0.1) is 24.8 Å². The number of hydrogen-bond donors (Lipinski definition) is 0. The number of imide groups is 1. The zero-order valence-corrected chi connectivity index (χ0v) is 22.0. The molecule has 0 saturated carbocycles. The molecule has 0 aliphatic carbocycles. The molecule has 0 saturated heterocycles. The summed E-state index contributed by atoms with van der Waals surface area (Å²) in [6.45, 7) is 2.78. The summed E-state index contributed by atoms with van der Waals surface area (Å²) in [5, 5.41) is 0. The van der Waals surface area contributed by atoms with Crippen LogP contribution in [0.5, 0.6) is 11.5 Å². The van der Waals surface area contributed by atoms with E-state index in [9.17, 15) is 14.4 Å². The first-order valence-electron chi connectivity index (χ1n) is 12.6. The van der Waals surface area contributed by atoms with E-state index in [1.165, 1.54) is 4.90 Å². The van der Waals surface area contributed by atoms with E-state index >= 15 is 0 Å². The highest BCUT2D eigenvalue weighted by molar-refractivity contribution is 6.21. The van der Waals surface area contributed by atoms with Crippen LogP contribution >= 0.6 is 0 Å². The summed E-state index contributed by atoms with van der Waals surface area (Å²) in [7, 11) is 3.35. The van der Waals surface area contributed by atoms with Gasteiger partial charge in [0.1, 0.15) is 29.6 Å². The van der Waals surface area contributed by atoms with Gasteiger partial charge >= 0.3 is 0 Å². The highest BCUT2D eigenvalue weighted by Gasteiger charge is 2.34. The Morgan fingerprint density at radius 3 is 2.10 bits per heavy atom. The Kier molecular flexibility index (Phi) is 7.14. The van der Waals surface area contributed by atoms with Crippen LogP contribution in [0.25, 0.3) is 17.1 Å². The lowest BCUT2D eigenvalue weighted by atomic mass is 10.1. The van der Waals surface area contributed by atoms with Crippen molar-refractivity contribution < 1.29 is 23.9 Å². The first-order valence-corrected chi connectivity index (χ1v) is 12.6. The Morgan fingerprint density at radius 2 is 1.51 bits per heavy atom. The van der Waals surface area contributed by atoms with E-state index in [-0.39, 0.29) is 30.9 Å². The average molecular weight is 525 g/mol. The molecule has 0 radical (unpaired) electrons. The summed E-state index contributed by atoms with van der Waals surface area (Å²) in [6.07, 6.45) is 1.73. The molecule has 1 aliphatic heterocycles. The third kappa shape index (κ3) is 4.98. The molecule has 9 nitrogen and oxygen atoms in total. The lowest BCUT2D eigenvalue weighted by molar-refractivity contribution is 0.0630. The van der Waals surface area contributed by atoms with E-state index in [1.807, 2.05) is 47.9 Å². The molecular formula is C30H28N4O5. The van der Waals surface area contributed by atoms with Crippen LogP contribution in [0.15, 0.2) is 79.0 Å². The molecule has 0 unspecified atom stereocenters. The molecule has 0 N–H and O–H groups in total. The van der Waals surface area contributed by atoms with E-state index in [0.29, 0.717) is 34.9 Å². The molecule has 1 aromatic heterocycles. The number of imidazole rings is 1. The Morgan fingerprint density at radius 1 is 0.897 bits per heavy atom. The molecule has 198 valence electrons. The van der Waals surface area contributed by atoms with Crippen molar-refractivity contribution >= 4 is 17.7 Å². The molecule has 0 fully saturated rings. The maximum atomic E-state index is 12.9. The number of hydrogen-bond acceptors (Lipinski definition) is 6. The Bertz CT molecular complexity index is 1490. The highest BCUT2D eigenvalue weighted by Crippen LogP contribution is 2.27. The van der Waals surface area contributed by atoms with Crippen LogP contribution in [-0.2, 0) is 0 Å². The minimum Gasteiger partial charge on any atom is -0.497 e. The van der Waals surface area contributed by atoms with Gasteiger partial charge in [0.2, 0.25) is 0 Å². The molecule has 3 aromatic carbocycles. The summed E-state index contributed by atoms with van der Waals surface area (Å²) in [4.78, 5) is 45.4. The van der Waals surface area contributed by atoms with E-state index < -0.39 is 0 Å². The molecule has 0 atom stereocenters. The Labute approximate surface area is 226 Å². The number of carbonyl (C=O) groups is 3. The van der Waals surface area contributed by atoms with Crippen molar-refractivity contribution in [2.45, 2.75) is 6.92 Å². The van der Waals surface area contributed by atoms with Gasteiger partial charge in [-0.05, 0) is 67.6 Å². The van der Waals surface area contributed by atoms with Crippen molar-refractivity contribution in [2.75, 3.05) is 33.9 Å². The molecular weight excluding hydrogens is 496 g/mol. The molecule has 39 heavy (non-hydrogen) atoms. The predicted octanol–water partition coefficient (Wildman–Crippen LogP) is 4.31.